The minimum Gasteiger partial charge on any atom is -0.507 e. The third-order valence-electron chi connectivity index (χ3n) is 5.99. The summed E-state index contributed by atoms with van der Waals surface area (Å²) in [7, 11) is 0. The lowest BCUT2D eigenvalue weighted by Crippen LogP contribution is -2.12. The van der Waals surface area contributed by atoms with Crippen LogP contribution in [0.2, 0.25) is 0 Å². The quantitative estimate of drug-likeness (QED) is 0.287. The molecule has 0 radical (unpaired) electrons. The van der Waals surface area contributed by atoms with E-state index in [-0.39, 0.29) is 6.42 Å². The fourth-order valence-electron chi connectivity index (χ4n) is 4.30. The molecule has 166 valence electrons. The number of carboxylic acid groups (broad SMARTS) is 1. The Kier molecular flexibility index (Phi) is 12.7. The first-order chi connectivity index (χ1) is 14.0. The van der Waals surface area contributed by atoms with Crippen molar-refractivity contribution in [1.29, 1.82) is 0 Å². The molecule has 3 heteroatoms. The number of benzene rings is 1. The summed E-state index contributed by atoms with van der Waals surface area (Å²) in [5.41, 5.74) is 6.04. The number of rotatable bonds is 16. The molecule has 29 heavy (non-hydrogen) atoms. The molecule has 0 aliphatic rings. The van der Waals surface area contributed by atoms with Crippen LogP contribution >= 0.6 is 0 Å². The smallest absolute Gasteiger partial charge is 0.303 e. The number of carbonyl (C=O) groups is 1. The number of unbranched alkanes of at least 4 members (excludes halogenated alkanes) is 5. The van der Waals surface area contributed by atoms with Gasteiger partial charge >= 0.3 is 5.97 Å². The lowest BCUT2D eigenvalue weighted by Gasteiger charge is -2.25. The number of hydrogen-bond acceptors (Lipinski definition) is 2. The Hall–Kier alpha value is -1.51. The van der Waals surface area contributed by atoms with E-state index in [9.17, 15) is 15.0 Å². The summed E-state index contributed by atoms with van der Waals surface area (Å²) in [6, 6.07) is 0. The number of aromatic hydroxyl groups is 1. The van der Waals surface area contributed by atoms with E-state index in [1.807, 2.05) is 0 Å². The minimum absolute atomic E-state index is 0.171. The number of carboxylic acids is 1. The van der Waals surface area contributed by atoms with Crippen LogP contribution in [0.4, 0.5) is 0 Å². The van der Waals surface area contributed by atoms with E-state index in [2.05, 4.69) is 27.7 Å². The van der Waals surface area contributed by atoms with E-state index in [0.717, 1.165) is 88.2 Å². The second-order valence-electron chi connectivity index (χ2n) is 8.40. The van der Waals surface area contributed by atoms with Crippen LogP contribution in [0.5, 0.6) is 5.75 Å². The third kappa shape index (κ3) is 8.03. The maximum absolute atomic E-state index is 11.4. The Bertz CT molecular complexity index is 619. The predicted octanol–water partition coefficient (Wildman–Crippen LogP) is 7.17. The second kappa shape index (κ2) is 14.5. The fraction of sp³-hybridized carbons (Fsp3) is 0.731. The van der Waals surface area contributed by atoms with Gasteiger partial charge in [-0.05, 0) is 85.6 Å². The Morgan fingerprint density at radius 2 is 0.966 bits per heavy atom. The molecule has 3 nitrogen and oxygen atoms in total. The van der Waals surface area contributed by atoms with Crippen LogP contribution in [0, 0.1) is 0 Å². The molecule has 0 spiro atoms. The van der Waals surface area contributed by atoms with E-state index in [1.54, 1.807) is 0 Å². The summed E-state index contributed by atoms with van der Waals surface area (Å²) >= 11 is 0. The normalized spacial score (nSPS) is 11.2. The van der Waals surface area contributed by atoms with Crippen molar-refractivity contribution in [3.05, 3.63) is 27.8 Å². The molecule has 1 aromatic rings. The number of phenolic OH excluding ortho intramolecular Hbond substituents is 1. The standard InChI is InChI=1S/C26H44O3/c1-5-9-13-17-24-21(15-11-7-3)22(18-19-25(27)28)20(14-10-6-2)23(26(24)29)16-12-8-4/h29H,5-19H2,1-4H3,(H,27,28). The monoisotopic (exact) mass is 404 g/mol. The lowest BCUT2D eigenvalue weighted by molar-refractivity contribution is -0.136. The van der Waals surface area contributed by atoms with Crippen molar-refractivity contribution in [2.45, 2.75) is 124 Å². The van der Waals surface area contributed by atoms with Crippen molar-refractivity contribution >= 4 is 5.97 Å². The highest BCUT2D eigenvalue weighted by molar-refractivity contribution is 5.68. The molecule has 0 aliphatic carbocycles. The van der Waals surface area contributed by atoms with Crippen LogP contribution in [-0.4, -0.2) is 16.2 Å². The molecule has 0 aromatic heterocycles. The maximum atomic E-state index is 11.4. The van der Waals surface area contributed by atoms with E-state index >= 15 is 0 Å². The zero-order valence-electron chi connectivity index (χ0n) is 19.4. The van der Waals surface area contributed by atoms with E-state index in [0.29, 0.717) is 12.2 Å². The lowest BCUT2D eigenvalue weighted by atomic mass is 9.81. The molecule has 0 fully saturated rings. The number of phenols is 1. The topological polar surface area (TPSA) is 57.5 Å². The van der Waals surface area contributed by atoms with Crippen LogP contribution in [-0.2, 0) is 36.9 Å². The maximum Gasteiger partial charge on any atom is 0.303 e. The average molecular weight is 405 g/mol. The molecule has 0 saturated carbocycles. The van der Waals surface area contributed by atoms with Gasteiger partial charge in [0, 0.05) is 6.42 Å². The molecule has 0 saturated heterocycles. The van der Waals surface area contributed by atoms with Gasteiger partial charge in [0.25, 0.3) is 0 Å². The average Bonchev–Trinajstić information content (AvgIpc) is 2.70. The Morgan fingerprint density at radius 3 is 1.38 bits per heavy atom. The highest BCUT2D eigenvalue weighted by atomic mass is 16.4. The first-order valence-electron chi connectivity index (χ1n) is 12.1. The van der Waals surface area contributed by atoms with Gasteiger partial charge in [-0.2, -0.15) is 0 Å². The van der Waals surface area contributed by atoms with E-state index in [1.165, 1.54) is 23.1 Å². The highest BCUT2D eigenvalue weighted by Crippen LogP contribution is 2.38. The van der Waals surface area contributed by atoms with Gasteiger partial charge in [-0.15, -0.1) is 0 Å². The largest absolute Gasteiger partial charge is 0.507 e. The zero-order chi connectivity index (χ0) is 21.6. The Balaban J connectivity index is 3.60. The molecule has 0 bridgehead atoms. The van der Waals surface area contributed by atoms with Gasteiger partial charge in [0.2, 0.25) is 0 Å². The van der Waals surface area contributed by atoms with Gasteiger partial charge in [0.1, 0.15) is 5.75 Å². The minimum atomic E-state index is -0.733. The van der Waals surface area contributed by atoms with E-state index < -0.39 is 5.97 Å². The van der Waals surface area contributed by atoms with Crippen molar-refractivity contribution < 1.29 is 15.0 Å². The van der Waals surface area contributed by atoms with Crippen molar-refractivity contribution in [2.75, 3.05) is 0 Å². The van der Waals surface area contributed by atoms with Gasteiger partial charge in [-0.1, -0.05) is 59.8 Å². The van der Waals surface area contributed by atoms with Gasteiger partial charge in [0.05, 0.1) is 0 Å². The molecular weight excluding hydrogens is 360 g/mol. The highest BCUT2D eigenvalue weighted by Gasteiger charge is 2.23. The molecule has 1 aromatic carbocycles. The molecule has 0 amide bonds. The number of aliphatic carboxylic acids is 1. The van der Waals surface area contributed by atoms with Crippen molar-refractivity contribution in [3.8, 4) is 5.75 Å². The summed E-state index contributed by atoms with van der Waals surface area (Å²) in [5.74, 6) is -0.200. The molecule has 0 heterocycles. The van der Waals surface area contributed by atoms with Gasteiger partial charge in [0.15, 0.2) is 0 Å². The van der Waals surface area contributed by atoms with Crippen molar-refractivity contribution in [2.24, 2.45) is 0 Å². The van der Waals surface area contributed by atoms with Gasteiger partial charge < -0.3 is 10.2 Å². The Morgan fingerprint density at radius 1 is 0.586 bits per heavy atom. The van der Waals surface area contributed by atoms with Gasteiger partial charge in [-0.3, -0.25) is 4.79 Å². The predicted molar refractivity (Wildman–Crippen MR) is 123 cm³/mol. The SMILES string of the molecule is CCCCCc1c(O)c(CCCC)c(CCCC)c(CCC(=O)O)c1CCCC. The van der Waals surface area contributed by atoms with Gasteiger partial charge in [-0.25, -0.2) is 0 Å². The first kappa shape index (κ1) is 25.5. The summed E-state index contributed by atoms with van der Waals surface area (Å²) in [4.78, 5) is 11.4. The fourth-order valence-corrected chi connectivity index (χ4v) is 4.30. The first-order valence-corrected chi connectivity index (χ1v) is 12.1. The molecule has 0 unspecified atom stereocenters. The van der Waals surface area contributed by atoms with Crippen LogP contribution in [0.1, 0.15) is 120 Å². The second-order valence-corrected chi connectivity index (χ2v) is 8.40. The summed E-state index contributed by atoms with van der Waals surface area (Å²) in [6.07, 6.45) is 14.4. The van der Waals surface area contributed by atoms with Crippen LogP contribution in [0.15, 0.2) is 0 Å². The third-order valence-corrected chi connectivity index (χ3v) is 5.99. The molecule has 1 rings (SSSR count). The van der Waals surface area contributed by atoms with Crippen LogP contribution in [0.3, 0.4) is 0 Å². The molecule has 2 N–H and O–H groups in total. The molecule has 0 aliphatic heterocycles. The summed E-state index contributed by atoms with van der Waals surface area (Å²) < 4.78 is 0. The van der Waals surface area contributed by atoms with Crippen molar-refractivity contribution in [3.63, 3.8) is 0 Å². The van der Waals surface area contributed by atoms with Crippen LogP contribution < -0.4 is 0 Å². The zero-order valence-corrected chi connectivity index (χ0v) is 19.4. The Labute approximate surface area is 178 Å². The number of hydrogen-bond donors (Lipinski definition) is 2. The molecule has 0 atom stereocenters. The van der Waals surface area contributed by atoms with Crippen LogP contribution in [0.25, 0.3) is 0 Å². The summed E-state index contributed by atoms with van der Waals surface area (Å²) in [5, 5.41) is 20.7. The van der Waals surface area contributed by atoms with Crippen molar-refractivity contribution in [1.82, 2.24) is 0 Å². The molecular formula is C26H44O3. The summed E-state index contributed by atoms with van der Waals surface area (Å²) in [6.45, 7) is 8.78. The van der Waals surface area contributed by atoms with E-state index in [4.69, 9.17) is 0 Å².